The summed E-state index contributed by atoms with van der Waals surface area (Å²) in [5, 5.41) is 11.9. The summed E-state index contributed by atoms with van der Waals surface area (Å²) in [4.78, 5) is 21.6. The van der Waals surface area contributed by atoms with Crippen LogP contribution in [0.3, 0.4) is 0 Å². The molecule has 0 bridgehead atoms. The fraction of sp³-hybridized carbons (Fsp3) is 0.615. The van der Waals surface area contributed by atoms with E-state index in [2.05, 4.69) is 21.4 Å². The maximum Gasteiger partial charge on any atom is 0.240 e. The maximum atomic E-state index is 12.5. The molecule has 102 valence electrons. The Bertz CT molecular complexity index is 487. The van der Waals surface area contributed by atoms with Crippen LogP contribution >= 0.6 is 0 Å². The van der Waals surface area contributed by atoms with E-state index in [0.717, 1.165) is 11.4 Å². The van der Waals surface area contributed by atoms with E-state index >= 15 is 0 Å². The summed E-state index contributed by atoms with van der Waals surface area (Å²) in [5.74, 6) is 0.0545. The standard InChI is InChI=1S/C13H19N5O/c1-9(2)18(5-3-4-14)13(19)11-6-10-12(7-15-11)17-8-16-10/h8-9,11,15H,3,5-7H2,1-2H3,(H,16,17). The first-order valence-corrected chi connectivity index (χ1v) is 6.55. The third kappa shape index (κ3) is 2.93. The molecule has 1 aromatic rings. The highest BCUT2D eigenvalue weighted by Crippen LogP contribution is 2.15. The van der Waals surface area contributed by atoms with Crippen molar-refractivity contribution in [2.75, 3.05) is 6.54 Å². The van der Waals surface area contributed by atoms with Crippen molar-refractivity contribution in [3.8, 4) is 6.07 Å². The summed E-state index contributed by atoms with van der Waals surface area (Å²) in [6.07, 6.45) is 2.63. The van der Waals surface area contributed by atoms with Gasteiger partial charge in [0.25, 0.3) is 0 Å². The fourth-order valence-electron chi connectivity index (χ4n) is 2.34. The number of H-pyrrole nitrogens is 1. The number of aromatic amines is 1. The molecule has 1 amide bonds. The Morgan fingerprint density at radius 1 is 1.68 bits per heavy atom. The molecule has 1 aromatic heterocycles. The van der Waals surface area contributed by atoms with Crippen molar-refractivity contribution in [2.45, 2.75) is 45.3 Å². The van der Waals surface area contributed by atoms with Gasteiger partial charge in [-0.3, -0.25) is 10.1 Å². The van der Waals surface area contributed by atoms with Crippen LogP contribution in [0.5, 0.6) is 0 Å². The SMILES string of the molecule is CC(C)N(CCC#N)C(=O)C1Cc2nc[nH]c2CN1. The third-order valence-electron chi connectivity index (χ3n) is 3.40. The van der Waals surface area contributed by atoms with Gasteiger partial charge in [0.1, 0.15) is 0 Å². The molecule has 2 heterocycles. The molecular formula is C13H19N5O. The van der Waals surface area contributed by atoms with E-state index in [0.29, 0.717) is 25.9 Å². The Hall–Kier alpha value is -1.87. The molecule has 6 heteroatoms. The lowest BCUT2D eigenvalue weighted by Gasteiger charge is -2.32. The van der Waals surface area contributed by atoms with Gasteiger partial charge in [-0.1, -0.05) is 0 Å². The lowest BCUT2D eigenvalue weighted by Crippen LogP contribution is -2.51. The third-order valence-corrected chi connectivity index (χ3v) is 3.40. The molecule has 0 aliphatic carbocycles. The molecule has 0 radical (unpaired) electrons. The van der Waals surface area contributed by atoms with E-state index < -0.39 is 0 Å². The number of aromatic nitrogens is 2. The lowest BCUT2D eigenvalue weighted by molar-refractivity contribution is -0.135. The van der Waals surface area contributed by atoms with Gasteiger partial charge < -0.3 is 9.88 Å². The van der Waals surface area contributed by atoms with Crippen molar-refractivity contribution >= 4 is 5.91 Å². The van der Waals surface area contributed by atoms with E-state index in [9.17, 15) is 4.79 Å². The second kappa shape index (κ2) is 5.85. The average molecular weight is 261 g/mol. The Morgan fingerprint density at radius 2 is 2.47 bits per heavy atom. The Labute approximate surface area is 112 Å². The van der Waals surface area contributed by atoms with Crippen molar-refractivity contribution in [2.24, 2.45) is 0 Å². The van der Waals surface area contributed by atoms with E-state index in [4.69, 9.17) is 5.26 Å². The topological polar surface area (TPSA) is 84.8 Å². The number of carbonyl (C=O) groups excluding carboxylic acids is 1. The van der Waals surface area contributed by atoms with Crippen LogP contribution in [0.1, 0.15) is 31.7 Å². The predicted molar refractivity (Wildman–Crippen MR) is 70.0 cm³/mol. The molecule has 0 saturated carbocycles. The van der Waals surface area contributed by atoms with Crippen LogP contribution in [0, 0.1) is 11.3 Å². The molecule has 2 rings (SSSR count). The maximum absolute atomic E-state index is 12.5. The summed E-state index contributed by atoms with van der Waals surface area (Å²) < 4.78 is 0. The Balaban J connectivity index is 2.05. The van der Waals surface area contributed by atoms with Crippen LogP contribution in [0.15, 0.2) is 6.33 Å². The van der Waals surface area contributed by atoms with Gasteiger partial charge >= 0.3 is 0 Å². The zero-order valence-electron chi connectivity index (χ0n) is 11.3. The number of nitrogens with one attached hydrogen (secondary N) is 2. The number of fused-ring (bicyclic) bond motifs is 1. The molecule has 0 saturated heterocycles. The molecule has 1 aliphatic heterocycles. The Morgan fingerprint density at radius 3 is 3.16 bits per heavy atom. The number of amides is 1. The summed E-state index contributed by atoms with van der Waals surface area (Å²) in [5.41, 5.74) is 2.01. The number of rotatable bonds is 4. The zero-order chi connectivity index (χ0) is 13.8. The molecule has 2 N–H and O–H groups in total. The smallest absolute Gasteiger partial charge is 0.240 e. The van der Waals surface area contributed by atoms with Crippen LogP contribution in [0.25, 0.3) is 0 Å². The molecule has 19 heavy (non-hydrogen) atoms. The van der Waals surface area contributed by atoms with E-state index in [1.807, 2.05) is 13.8 Å². The van der Waals surface area contributed by atoms with Crippen LogP contribution < -0.4 is 5.32 Å². The first kappa shape index (κ1) is 13.6. The number of carbonyl (C=O) groups is 1. The molecule has 1 unspecified atom stereocenters. The largest absolute Gasteiger partial charge is 0.347 e. The second-order valence-electron chi connectivity index (χ2n) is 5.00. The normalized spacial score (nSPS) is 17.9. The molecule has 6 nitrogen and oxygen atoms in total. The van der Waals surface area contributed by atoms with Gasteiger partial charge in [-0.15, -0.1) is 0 Å². The van der Waals surface area contributed by atoms with Crippen LogP contribution in [-0.2, 0) is 17.8 Å². The summed E-state index contributed by atoms with van der Waals surface area (Å²) in [6, 6.07) is 1.95. The molecule has 0 aromatic carbocycles. The number of hydrogen-bond donors (Lipinski definition) is 2. The van der Waals surface area contributed by atoms with E-state index in [-0.39, 0.29) is 18.0 Å². The lowest BCUT2D eigenvalue weighted by atomic mass is 10.0. The van der Waals surface area contributed by atoms with Crippen molar-refractivity contribution in [1.29, 1.82) is 5.26 Å². The first-order valence-electron chi connectivity index (χ1n) is 6.55. The summed E-state index contributed by atoms with van der Waals surface area (Å²) >= 11 is 0. The highest BCUT2D eigenvalue weighted by atomic mass is 16.2. The minimum Gasteiger partial charge on any atom is -0.347 e. The summed E-state index contributed by atoms with van der Waals surface area (Å²) in [6.45, 7) is 5.06. The molecule has 0 spiro atoms. The molecular weight excluding hydrogens is 242 g/mol. The minimum absolute atomic E-state index is 0.0545. The van der Waals surface area contributed by atoms with Gasteiger partial charge in [0.2, 0.25) is 5.91 Å². The highest BCUT2D eigenvalue weighted by molar-refractivity contribution is 5.82. The summed E-state index contributed by atoms with van der Waals surface area (Å²) in [7, 11) is 0. The van der Waals surface area contributed by atoms with Gasteiger partial charge in [0, 0.05) is 25.6 Å². The quantitative estimate of drug-likeness (QED) is 0.830. The van der Waals surface area contributed by atoms with Crippen molar-refractivity contribution in [3.63, 3.8) is 0 Å². The monoisotopic (exact) mass is 261 g/mol. The minimum atomic E-state index is -0.239. The average Bonchev–Trinajstić information content (AvgIpc) is 2.85. The number of nitriles is 1. The predicted octanol–water partition coefficient (Wildman–Crippen LogP) is 0.575. The van der Waals surface area contributed by atoms with Crippen LogP contribution in [0.2, 0.25) is 0 Å². The number of hydrogen-bond acceptors (Lipinski definition) is 4. The van der Waals surface area contributed by atoms with Crippen LogP contribution in [0.4, 0.5) is 0 Å². The van der Waals surface area contributed by atoms with Crippen molar-refractivity contribution in [3.05, 3.63) is 17.7 Å². The van der Waals surface area contributed by atoms with Gasteiger partial charge in [-0.2, -0.15) is 5.26 Å². The highest BCUT2D eigenvalue weighted by Gasteiger charge is 2.30. The number of nitrogens with zero attached hydrogens (tertiary/aromatic N) is 3. The van der Waals surface area contributed by atoms with Gasteiger partial charge in [-0.25, -0.2) is 4.98 Å². The van der Waals surface area contributed by atoms with Gasteiger partial charge in [-0.05, 0) is 13.8 Å². The van der Waals surface area contributed by atoms with E-state index in [1.54, 1.807) is 11.2 Å². The molecule has 1 atom stereocenters. The Kier molecular flexibility index (Phi) is 4.17. The second-order valence-corrected chi connectivity index (χ2v) is 5.00. The van der Waals surface area contributed by atoms with Crippen molar-refractivity contribution in [1.82, 2.24) is 20.2 Å². The van der Waals surface area contributed by atoms with Gasteiger partial charge in [0.15, 0.2) is 0 Å². The molecule has 1 aliphatic rings. The first-order chi connectivity index (χ1) is 9.13. The fourth-order valence-corrected chi connectivity index (χ4v) is 2.34. The van der Waals surface area contributed by atoms with Crippen LogP contribution in [-0.4, -0.2) is 39.4 Å². The van der Waals surface area contributed by atoms with E-state index in [1.165, 1.54) is 0 Å². The number of imidazole rings is 1. The molecule has 0 fully saturated rings. The van der Waals surface area contributed by atoms with Crippen molar-refractivity contribution < 1.29 is 4.79 Å². The zero-order valence-corrected chi connectivity index (χ0v) is 11.3. The van der Waals surface area contributed by atoms with Gasteiger partial charge in [0.05, 0.1) is 36.2 Å².